The van der Waals surface area contributed by atoms with E-state index in [2.05, 4.69) is 12.2 Å². The van der Waals surface area contributed by atoms with Gasteiger partial charge in [-0.25, -0.2) is 0 Å². The SMILES string of the molecule is CC1=C(C)C(=O)N(C(C)C23C=CC(CC2)C3)C1=O. The van der Waals surface area contributed by atoms with Crippen molar-refractivity contribution in [3.05, 3.63) is 23.3 Å². The largest absolute Gasteiger partial charge is 0.271 e. The Balaban J connectivity index is 1.91. The molecule has 0 radical (unpaired) electrons. The van der Waals surface area contributed by atoms with Crippen molar-refractivity contribution in [2.75, 3.05) is 0 Å². The topological polar surface area (TPSA) is 37.4 Å². The molecule has 0 N–H and O–H groups in total. The summed E-state index contributed by atoms with van der Waals surface area (Å²) in [6.45, 7) is 5.53. The van der Waals surface area contributed by atoms with Gasteiger partial charge in [0.05, 0.1) is 0 Å². The maximum absolute atomic E-state index is 12.2. The van der Waals surface area contributed by atoms with E-state index in [4.69, 9.17) is 0 Å². The Morgan fingerprint density at radius 3 is 2.28 bits per heavy atom. The molecule has 1 heterocycles. The number of hydrogen-bond acceptors (Lipinski definition) is 2. The number of rotatable bonds is 2. The smallest absolute Gasteiger partial charge is 0.257 e. The van der Waals surface area contributed by atoms with Crippen LogP contribution < -0.4 is 0 Å². The number of nitrogens with zero attached hydrogens (tertiary/aromatic N) is 1. The van der Waals surface area contributed by atoms with Crippen LogP contribution >= 0.6 is 0 Å². The van der Waals surface area contributed by atoms with Crippen molar-refractivity contribution in [3.8, 4) is 0 Å². The van der Waals surface area contributed by atoms with Crippen molar-refractivity contribution in [1.82, 2.24) is 4.90 Å². The predicted molar refractivity (Wildman–Crippen MR) is 68.6 cm³/mol. The third-order valence-electron chi connectivity index (χ3n) is 5.18. The Morgan fingerprint density at radius 2 is 1.89 bits per heavy atom. The van der Waals surface area contributed by atoms with Crippen LogP contribution in [0.2, 0.25) is 0 Å². The predicted octanol–water partition coefficient (Wildman–Crippen LogP) is 2.44. The molecule has 2 bridgehead atoms. The van der Waals surface area contributed by atoms with E-state index in [1.165, 1.54) is 11.3 Å². The van der Waals surface area contributed by atoms with Crippen LogP contribution in [-0.2, 0) is 9.59 Å². The quantitative estimate of drug-likeness (QED) is 0.553. The summed E-state index contributed by atoms with van der Waals surface area (Å²) in [5, 5.41) is 0. The molecule has 0 aromatic heterocycles. The van der Waals surface area contributed by atoms with Gasteiger partial charge in [0, 0.05) is 22.6 Å². The zero-order valence-electron chi connectivity index (χ0n) is 11.2. The minimum absolute atomic E-state index is 0.0198. The van der Waals surface area contributed by atoms with Gasteiger partial charge in [-0.3, -0.25) is 14.5 Å². The van der Waals surface area contributed by atoms with Gasteiger partial charge in [0.1, 0.15) is 0 Å². The maximum atomic E-state index is 12.2. The third kappa shape index (κ3) is 1.30. The molecule has 3 aliphatic rings. The summed E-state index contributed by atoms with van der Waals surface area (Å²) in [5.74, 6) is 0.474. The molecule has 3 atom stereocenters. The molecule has 1 saturated carbocycles. The van der Waals surface area contributed by atoms with Crippen molar-refractivity contribution in [3.63, 3.8) is 0 Å². The van der Waals surface area contributed by atoms with Crippen molar-refractivity contribution in [2.45, 2.75) is 46.1 Å². The van der Waals surface area contributed by atoms with E-state index in [-0.39, 0.29) is 23.3 Å². The molecule has 18 heavy (non-hydrogen) atoms. The molecule has 2 amide bonds. The Kier molecular flexibility index (Phi) is 2.31. The molecule has 0 spiro atoms. The highest BCUT2D eigenvalue weighted by molar-refractivity contribution is 6.19. The van der Waals surface area contributed by atoms with Crippen molar-refractivity contribution in [2.24, 2.45) is 11.3 Å². The maximum Gasteiger partial charge on any atom is 0.257 e. The average molecular weight is 245 g/mol. The van der Waals surface area contributed by atoms with E-state index in [9.17, 15) is 9.59 Å². The van der Waals surface area contributed by atoms with Crippen LogP contribution in [0, 0.1) is 11.3 Å². The first-order valence-corrected chi connectivity index (χ1v) is 6.71. The molecule has 0 saturated heterocycles. The Labute approximate surface area is 108 Å². The lowest BCUT2D eigenvalue weighted by Gasteiger charge is -2.36. The second-order valence-electron chi connectivity index (χ2n) is 6.00. The summed E-state index contributed by atoms with van der Waals surface area (Å²) in [7, 11) is 0. The van der Waals surface area contributed by atoms with Crippen LogP contribution in [0.25, 0.3) is 0 Å². The Hall–Kier alpha value is -1.38. The zero-order valence-corrected chi connectivity index (χ0v) is 11.2. The minimum Gasteiger partial charge on any atom is -0.271 e. The highest BCUT2D eigenvalue weighted by Crippen LogP contribution is 2.53. The van der Waals surface area contributed by atoms with Crippen molar-refractivity contribution in [1.29, 1.82) is 0 Å². The molecule has 1 fully saturated rings. The molecular weight excluding hydrogens is 226 g/mol. The molecule has 2 aliphatic carbocycles. The average Bonchev–Trinajstić information content (AvgIpc) is 3.02. The van der Waals surface area contributed by atoms with Crippen molar-refractivity contribution < 1.29 is 9.59 Å². The fourth-order valence-corrected chi connectivity index (χ4v) is 3.69. The number of fused-ring (bicyclic) bond motifs is 2. The van der Waals surface area contributed by atoms with Gasteiger partial charge in [-0.1, -0.05) is 12.2 Å². The molecule has 3 nitrogen and oxygen atoms in total. The minimum atomic E-state index is -0.0943. The third-order valence-corrected chi connectivity index (χ3v) is 5.18. The van der Waals surface area contributed by atoms with Crippen LogP contribution in [0.15, 0.2) is 23.3 Å². The summed E-state index contributed by atoms with van der Waals surface area (Å²) >= 11 is 0. The number of hydrogen-bond donors (Lipinski definition) is 0. The standard InChI is InChI=1S/C15H19NO2/c1-9-10(2)14(18)16(13(9)17)11(3)15-6-4-12(8-15)5-7-15/h4,6,11-12H,5,7-8H2,1-3H3. The summed E-state index contributed by atoms with van der Waals surface area (Å²) in [4.78, 5) is 25.9. The number of carbonyl (C=O) groups is 2. The Morgan fingerprint density at radius 1 is 1.28 bits per heavy atom. The fourth-order valence-electron chi connectivity index (χ4n) is 3.69. The number of imide groups is 1. The first-order chi connectivity index (χ1) is 8.46. The summed E-state index contributed by atoms with van der Waals surface area (Å²) < 4.78 is 0. The fraction of sp³-hybridized carbons (Fsp3) is 0.600. The molecule has 96 valence electrons. The molecule has 3 unspecified atom stereocenters. The Bertz CT molecular complexity index is 479. The van der Waals surface area contributed by atoms with Gasteiger partial charge in [0.25, 0.3) is 11.8 Å². The lowest BCUT2D eigenvalue weighted by Crippen LogP contribution is -2.47. The van der Waals surface area contributed by atoms with Crippen molar-refractivity contribution >= 4 is 11.8 Å². The van der Waals surface area contributed by atoms with Crippen LogP contribution in [0.4, 0.5) is 0 Å². The molecule has 3 rings (SSSR count). The monoisotopic (exact) mass is 245 g/mol. The summed E-state index contributed by atoms with van der Waals surface area (Å²) in [6, 6.07) is -0.0198. The second-order valence-corrected chi connectivity index (χ2v) is 6.00. The van der Waals surface area contributed by atoms with E-state index in [1.807, 2.05) is 6.92 Å². The van der Waals surface area contributed by atoms with E-state index < -0.39 is 0 Å². The van der Waals surface area contributed by atoms with E-state index in [0.29, 0.717) is 17.1 Å². The van der Waals surface area contributed by atoms with Gasteiger partial charge < -0.3 is 0 Å². The molecular formula is C15H19NO2. The van der Waals surface area contributed by atoms with Gasteiger partial charge in [0.2, 0.25) is 0 Å². The zero-order chi connectivity index (χ0) is 13.1. The highest BCUT2D eigenvalue weighted by Gasteiger charge is 2.50. The van der Waals surface area contributed by atoms with E-state index >= 15 is 0 Å². The van der Waals surface area contributed by atoms with E-state index in [1.54, 1.807) is 13.8 Å². The highest BCUT2D eigenvalue weighted by atomic mass is 16.2. The van der Waals surface area contributed by atoms with Gasteiger partial charge in [-0.2, -0.15) is 0 Å². The van der Waals surface area contributed by atoms with Crippen LogP contribution in [-0.4, -0.2) is 22.8 Å². The lowest BCUT2D eigenvalue weighted by atomic mass is 9.80. The number of amides is 2. The first kappa shape index (κ1) is 11.7. The molecule has 3 heteroatoms. The van der Waals surface area contributed by atoms with Crippen LogP contribution in [0.5, 0.6) is 0 Å². The summed E-state index contributed by atoms with van der Waals surface area (Å²) in [6.07, 6.45) is 7.91. The van der Waals surface area contributed by atoms with Gasteiger partial charge >= 0.3 is 0 Å². The molecule has 1 aliphatic heterocycles. The lowest BCUT2D eigenvalue weighted by molar-refractivity contribution is -0.142. The van der Waals surface area contributed by atoms with E-state index in [0.717, 1.165) is 12.8 Å². The number of carbonyl (C=O) groups excluding carboxylic acids is 2. The van der Waals surface area contributed by atoms with Gasteiger partial charge in [-0.15, -0.1) is 0 Å². The molecule has 0 aromatic carbocycles. The molecule has 0 aromatic rings. The van der Waals surface area contributed by atoms with Crippen LogP contribution in [0.3, 0.4) is 0 Å². The summed E-state index contributed by atoms with van der Waals surface area (Å²) in [5.41, 5.74) is 1.26. The number of allylic oxidation sites excluding steroid dienone is 1. The van der Waals surface area contributed by atoms with Crippen LogP contribution in [0.1, 0.15) is 40.0 Å². The normalized spacial score (nSPS) is 36.2. The second kappa shape index (κ2) is 3.56. The van der Waals surface area contributed by atoms with Gasteiger partial charge in [0.15, 0.2) is 0 Å². The first-order valence-electron chi connectivity index (χ1n) is 6.71. The van der Waals surface area contributed by atoms with Gasteiger partial charge in [-0.05, 0) is 46.0 Å².